The Kier molecular flexibility index (Phi) is 4.65. The average Bonchev–Trinajstić information content (AvgIpc) is 2.68. The summed E-state index contributed by atoms with van der Waals surface area (Å²) in [5, 5.41) is 1.10. The molecule has 0 bridgehead atoms. The topological polar surface area (TPSA) is 45.2 Å². The molecule has 140 valence electrons. The van der Waals surface area contributed by atoms with Crippen LogP contribution in [0.25, 0.3) is 10.9 Å². The van der Waals surface area contributed by atoms with Crippen LogP contribution in [-0.4, -0.2) is 46.0 Å². The lowest BCUT2D eigenvalue weighted by atomic mass is 10.1. The van der Waals surface area contributed by atoms with Gasteiger partial charge in [-0.2, -0.15) is 13.2 Å². The van der Waals surface area contributed by atoms with E-state index in [4.69, 9.17) is 0 Å². The van der Waals surface area contributed by atoms with Gasteiger partial charge >= 0.3 is 6.18 Å². The second-order valence-corrected chi connectivity index (χ2v) is 6.50. The highest BCUT2D eigenvalue weighted by molar-refractivity contribution is 5.81. The Morgan fingerprint density at radius 3 is 2.44 bits per heavy atom. The summed E-state index contributed by atoms with van der Waals surface area (Å²) >= 11 is 0. The molecule has 27 heavy (non-hydrogen) atoms. The van der Waals surface area contributed by atoms with Crippen LogP contribution in [0.1, 0.15) is 11.3 Å². The maximum absolute atomic E-state index is 12.8. The van der Waals surface area contributed by atoms with Crippen molar-refractivity contribution in [3.63, 3.8) is 0 Å². The van der Waals surface area contributed by atoms with Crippen molar-refractivity contribution in [1.29, 1.82) is 0 Å². The molecule has 0 spiro atoms. The fourth-order valence-electron chi connectivity index (χ4n) is 3.30. The van der Waals surface area contributed by atoms with Gasteiger partial charge in [-0.3, -0.25) is 9.88 Å². The zero-order valence-electron chi connectivity index (χ0n) is 14.5. The molecule has 3 aromatic rings. The number of rotatable bonds is 3. The van der Waals surface area contributed by atoms with Gasteiger partial charge in [-0.05, 0) is 17.7 Å². The van der Waals surface area contributed by atoms with Gasteiger partial charge in [0.2, 0.25) is 5.95 Å². The van der Waals surface area contributed by atoms with Crippen molar-refractivity contribution in [2.75, 3.05) is 31.1 Å². The van der Waals surface area contributed by atoms with Gasteiger partial charge in [-0.25, -0.2) is 9.97 Å². The molecule has 1 aliphatic rings. The molecule has 8 heteroatoms. The molecule has 0 atom stereocenters. The standard InChI is InChI=1S/C19H18F3N5/c20-19(21,22)16-6-8-24-18(25-16)27-11-9-26(10-12-27)13-15-4-1-3-14-5-2-7-23-17(14)15/h1-8H,9-13H2. The first kappa shape index (κ1) is 17.7. The third-order valence-corrected chi connectivity index (χ3v) is 4.70. The van der Waals surface area contributed by atoms with E-state index >= 15 is 0 Å². The molecule has 0 saturated carbocycles. The number of hydrogen-bond donors (Lipinski definition) is 0. The highest BCUT2D eigenvalue weighted by atomic mass is 19.4. The molecule has 1 fully saturated rings. The monoisotopic (exact) mass is 373 g/mol. The van der Waals surface area contributed by atoms with E-state index in [0.717, 1.165) is 42.2 Å². The molecule has 1 aromatic carbocycles. The number of para-hydroxylation sites is 1. The fourth-order valence-corrected chi connectivity index (χ4v) is 3.30. The van der Waals surface area contributed by atoms with Crippen molar-refractivity contribution in [2.24, 2.45) is 0 Å². The van der Waals surface area contributed by atoms with Gasteiger partial charge in [0, 0.05) is 50.5 Å². The quantitative estimate of drug-likeness (QED) is 0.704. The van der Waals surface area contributed by atoms with Crippen LogP contribution in [0.4, 0.5) is 19.1 Å². The summed E-state index contributed by atoms with van der Waals surface area (Å²) in [5.41, 5.74) is 1.23. The van der Waals surface area contributed by atoms with Gasteiger partial charge in [0.1, 0.15) is 5.69 Å². The number of fused-ring (bicyclic) bond motifs is 1. The van der Waals surface area contributed by atoms with Gasteiger partial charge in [0.15, 0.2) is 0 Å². The van der Waals surface area contributed by atoms with Gasteiger partial charge in [0.25, 0.3) is 0 Å². The minimum atomic E-state index is -4.46. The van der Waals surface area contributed by atoms with E-state index < -0.39 is 11.9 Å². The predicted octanol–water partition coefficient (Wildman–Crippen LogP) is 3.37. The number of nitrogens with zero attached hydrogens (tertiary/aromatic N) is 5. The van der Waals surface area contributed by atoms with Crippen LogP contribution in [0.5, 0.6) is 0 Å². The maximum atomic E-state index is 12.8. The molecule has 2 aromatic heterocycles. The van der Waals surface area contributed by atoms with Crippen LogP contribution in [0.3, 0.4) is 0 Å². The van der Waals surface area contributed by atoms with Crippen LogP contribution >= 0.6 is 0 Å². The van der Waals surface area contributed by atoms with Crippen molar-refractivity contribution < 1.29 is 13.2 Å². The van der Waals surface area contributed by atoms with Crippen molar-refractivity contribution in [1.82, 2.24) is 19.9 Å². The third-order valence-electron chi connectivity index (χ3n) is 4.70. The SMILES string of the molecule is FC(F)(F)c1ccnc(N2CCN(Cc3cccc4cccnc34)CC2)n1. The number of piperazine rings is 1. The summed E-state index contributed by atoms with van der Waals surface area (Å²) < 4.78 is 38.5. The number of aromatic nitrogens is 3. The van der Waals surface area contributed by atoms with Crippen LogP contribution < -0.4 is 4.90 Å². The van der Waals surface area contributed by atoms with Crippen molar-refractivity contribution in [3.05, 3.63) is 60.0 Å². The van der Waals surface area contributed by atoms with Crippen LogP contribution in [0.2, 0.25) is 0 Å². The molecular formula is C19H18F3N5. The lowest BCUT2D eigenvalue weighted by Gasteiger charge is -2.34. The Morgan fingerprint density at radius 1 is 0.889 bits per heavy atom. The maximum Gasteiger partial charge on any atom is 0.433 e. The van der Waals surface area contributed by atoms with E-state index in [2.05, 4.69) is 25.9 Å². The smallest absolute Gasteiger partial charge is 0.338 e. The second-order valence-electron chi connectivity index (χ2n) is 6.50. The van der Waals surface area contributed by atoms with E-state index in [-0.39, 0.29) is 5.95 Å². The van der Waals surface area contributed by atoms with E-state index in [1.54, 1.807) is 11.1 Å². The van der Waals surface area contributed by atoms with Crippen molar-refractivity contribution in [2.45, 2.75) is 12.7 Å². The fraction of sp³-hybridized carbons (Fsp3) is 0.316. The number of anilines is 1. The Labute approximate surface area is 154 Å². The Morgan fingerprint density at radius 2 is 1.67 bits per heavy atom. The second kappa shape index (κ2) is 7.11. The molecule has 0 N–H and O–H groups in total. The summed E-state index contributed by atoms with van der Waals surface area (Å²) in [5.74, 6) is 0.135. The van der Waals surface area contributed by atoms with E-state index in [0.29, 0.717) is 13.1 Å². The largest absolute Gasteiger partial charge is 0.433 e. The van der Waals surface area contributed by atoms with Gasteiger partial charge < -0.3 is 4.90 Å². The lowest BCUT2D eigenvalue weighted by Crippen LogP contribution is -2.46. The number of alkyl halides is 3. The first-order valence-electron chi connectivity index (χ1n) is 8.71. The zero-order chi connectivity index (χ0) is 18.9. The molecule has 4 rings (SSSR count). The van der Waals surface area contributed by atoms with Crippen LogP contribution in [0, 0.1) is 0 Å². The summed E-state index contributed by atoms with van der Waals surface area (Å²) in [4.78, 5) is 16.2. The number of pyridine rings is 1. The molecular weight excluding hydrogens is 355 g/mol. The molecule has 1 saturated heterocycles. The highest BCUT2D eigenvalue weighted by Gasteiger charge is 2.33. The minimum Gasteiger partial charge on any atom is -0.338 e. The Balaban J connectivity index is 1.43. The minimum absolute atomic E-state index is 0.135. The molecule has 0 radical (unpaired) electrons. The van der Waals surface area contributed by atoms with Gasteiger partial charge in [0.05, 0.1) is 5.52 Å². The lowest BCUT2D eigenvalue weighted by molar-refractivity contribution is -0.141. The number of hydrogen-bond acceptors (Lipinski definition) is 5. The van der Waals surface area contributed by atoms with Crippen LogP contribution in [-0.2, 0) is 12.7 Å². The Bertz CT molecular complexity index is 931. The molecule has 1 aliphatic heterocycles. The van der Waals surface area contributed by atoms with E-state index in [1.165, 1.54) is 6.20 Å². The Hall–Kier alpha value is -2.74. The van der Waals surface area contributed by atoms with E-state index in [1.807, 2.05) is 24.3 Å². The number of halogens is 3. The predicted molar refractivity (Wildman–Crippen MR) is 96.3 cm³/mol. The summed E-state index contributed by atoms with van der Waals surface area (Å²) in [6, 6.07) is 11.0. The first-order valence-corrected chi connectivity index (χ1v) is 8.71. The number of benzene rings is 1. The molecule has 3 heterocycles. The summed E-state index contributed by atoms with van der Waals surface area (Å²) in [6.45, 7) is 3.37. The van der Waals surface area contributed by atoms with Crippen molar-refractivity contribution in [3.8, 4) is 0 Å². The first-order chi connectivity index (χ1) is 13.0. The average molecular weight is 373 g/mol. The summed E-state index contributed by atoms with van der Waals surface area (Å²) in [7, 11) is 0. The summed E-state index contributed by atoms with van der Waals surface area (Å²) in [6.07, 6.45) is -1.51. The highest BCUT2D eigenvalue weighted by Crippen LogP contribution is 2.28. The molecule has 0 unspecified atom stereocenters. The van der Waals surface area contributed by atoms with Gasteiger partial charge in [-0.15, -0.1) is 0 Å². The molecule has 0 amide bonds. The van der Waals surface area contributed by atoms with E-state index in [9.17, 15) is 13.2 Å². The molecule has 5 nitrogen and oxygen atoms in total. The van der Waals surface area contributed by atoms with Crippen molar-refractivity contribution >= 4 is 16.9 Å². The molecule has 0 aliphatic carbocycles. The zero-order valence-corrected chi connectivity index (χ0v) is 14.5. The van der Waals surface area contributed by atoms with Gasteiger partial charge in [-0.1, -0.05) is 24.3 Å². The van der Waals surface area contributed by atoms with Crippen LogP contribution in [0.15, 0.2) is 48.8 Å². The third kappa shape index (κ3) is 3.85. The normalized spacial score (nSPS) is 16.0.